The summed E-state index contributed by atoms with van der Waals surface area (Å²) < 4.78 is 3.88. The topological polar surface area (TPSA) is 67.1 Å². The zero-order valence-corrected chi connectivity index (χ0v) is 9.64. The summed E-state index contributed by atoms with van der Waals surface area (Å²) >= 11 is 1.29. The van der Waals surface area contributed by atoms with E-state index in [1.165, 1.54) is 11.5 Å². The summed E-state index contributed by atoms with van der Waals surface area (Å²) in [5, 5.41) is 3.97. The molecule has 0 aliphatic rings. The number of rotatable bonds is 5. The first kappa shape index (κ1) is 11.2. The van der Waals surface area contributed by atoms with E-state index in [1.807, 2.05) is 0 Å². The number of hydrogen-bond acceptors (Lipinski definition) is 6. The van der Waals surface area contributed by atoms with Crippen molar-refractivity contribution in [3.05, 3.63) is 0 Å². The van der Waals surface area contributed by atoms with Crippen LogP contribution in [0, 0.1) is 0 Å². The Labute approximate surface area is 88.5 Å². The van der Waals surface area contributed by atoms with E-state index >= 15 is 0 Å². The molecule has 1 heterocycles. The molecule has 0 unspecified atom stereocenters. The summed E-state index contributed by atoms with van der Waals surface area (Å²) in [6.07, 6.45) is 0. The summed E-state index contributed by atoms with van der Waals surface area (Å²) in [7, 11) is 2.10. The fourth-order valence-corrected chi connectivity index (χ4v) is 1.43. The molecule has 0 radical (unpaired) electrons. The molecule has 14 heavy (non-hydrogen) atoms. The molecule has 0 bridgehead atoms. The van der Waals surface area contributed by atoms with Gasteiger partial charge >= 0.3 is 0 Å². The summed E-state index contributed by atoms with van der Waals surface area (Å²) in [4.78, 5) is 6.27. The molecule has 0 atom stereocenters. The standard InChI is InChI=1S/C8H17N5S/c1-6(2)13(3)5-4-10-8-11-7(9)12-14-8/h6H,4-5H2,1-3H3,(H3,9,10,11,12). The van der Waals surface area contributed by atoms with Gasteiger partial charge in [0.05, 0.1) is 0 Å². The summed E-state index contributed by atoms with van der Waals surface area (Å²) in [5.74, 6) is 0.342. The van der Waals surface area contributed by atoms with Gasteiger partial charge in [-0.2, -0.15) is 9.36 Å². The Balaban J connectivity index is 2.22. The highest BCUT2D eigenvalue weighted by atomic mass is 32.1. The first-order valence-corrected chi connectivity index (χ1v) is 5.40. The van der Waals surface area contributed by atoms with Crippen LogP contribution in [-0.2, 0) is 0 Å². The lowest BCUT2D eigenvalue weighted by molar-refractivity contribution is 0.284. The zero-order chi connectivity index (χ0) is 10.6. The van der Waals surface area contributed by atoms with Gasteiger partial charge in [-0.25, -0.2) is 0 Å². The number of nitrogens with one attached hydrogen (secondary N) is 1. The lowest BCUT2D eigenvalue weighted by atomic mass is 10.3. The van der Waals surface area contributed by atoms with Crippen LogP contribution in [0.25, 0.3) is 0 Å². The van der Waals surface area contributed by atoms with E-state index in [1.54, 1.807) is 0 Å². The lowest BCUT2D eigenvalue weighted by Gasteiger charge is -2.20. The molecule has 0 fully saturated rings. The molecule has 0 spiro atoms. The van der Waals surface area contributed by atoms with Gasteiger partial charge in [-0.15, -0.1) is 0 Å². The van der Waals surface area contributed by atoms with Gasteiger partial charge < -0.3 is 16.0 Å². The average Bonchev–Trinajstić information content (AvgIpc) is 2.51. The van der Waals surface area contributed by atoms with Crippen LogP contribution in [0.3, 0.4) is 0 Å². The van der Waals surface area contributed by atoms with Gasteiger partial charge in [-0.05, 0) is 20.9 Å². The second-order valence-electron chi connectivity index (χ2n) is 3.46. The highest BCUT2D eigenvalue weighted by Crippen LogP contribution is 2.10. The van der Waals surface area contributed by atoms with Crippen LogP contribution in [0.5, 0.6) is 0 Å². The molecule has 5 nitrogen and oxygen atoms in total. The number of likely N-dealkylation sites (N-methyl/N-ethyl adjacent to an activating group) is 1. The minimum Gasteiger partial charge on any atom is -0.367 e. The molecule has 0 amide bonds. The van der Waals surface area contributed by atoms with Crippen LogP contribution in [0.15, 0.2) is 0 Å². The van der Waals surface area contributed by atoms with E-state index in [-0.39, 0.29) is 0 Å². The maximum atomic E-state index is 5.40. The molecular weight excluding hydrogens is 198 g/mol. The molecular formula is C8H17N5S. The Bertz CT molecular complexity index is 272. The first-order chi connectivity index (χ1) is 6.59. The fourth-order valence-electron chi connectivity index (χ4n) is 0.904. The van der Waals surface area contributed by atoms with Gasteiger partial charge in [0.2, 0.25) is 11.1 Å². The number of anilines is 2. The Morgan fingerprint density at radius 1 is 1.57 bits per heavy atom. The second kappa shape index (κ2) is 5.11. The lowest BCUT2D eigenvalue weighted by Crippen LogP contribution is -2.31. The van der Waals surface area contributed by atoms with Gasteiger partial charge in [0.15, 0.2) is 0 Å². The number of nitrogens with two attached hydrogens (primary N) is 1. The van der Waals surface area contributed by atoms with Gasteiger partial charge in [0, 0.05) is 30.7 Å². The van der Waals surface area contributed by atoms with Gasteiger partial charge in [-0.3, -0.25) is 0 Å². The van der Waals surface area contributed by atoms with Crippen molar-refractivity contribution in [3.63, 3.8) is 0 Å². The third kappa shape index (κ3) is 3.47. The van der Waals surface area contributed by atoms with Crippen LogP contribution in [0.1, 0.15) is 13.8 Å². The summed E-state index contributed by atoms with van der Waals surface area (Å²) in [6.45, 7) is 6.19. The van der Waals surface area contributed by atoms with Crippen molar-refractivity contribution < 1.29 is 0 Å². The van der Waals surface area contributed by atoms with Crippen LogP contribution in [0.4, 0.5) is 11.1 Å². The average molecular weight is 215 g/mol. The molecule has 6 heteroatoms. The minimum atomic E-state index is 0.342. The third-order valence-electron chi connectivity index (χ3n) is 2.06. The van der Waals surface area contributed by atoms with E-state index in [0.29, 0.717) is 12.0 Å². The minimum absolute atomic E-state index is 0.342. The highest BCUT2D eigenvalue weighted by molar-refractivity contribution is 7.09. The number of nitrogen functional groups attached to an aromatic ring is 1. The number of hydrogen-bond donors (Lipinski definition) is 2. The molecule has 0 saturated carbocycles. The van der Waals surface area contributed by atoms with E-state index in [0.717, 1.165) is 18.2 Å². The third-order valence-corrected chi connectivity index (χ3v) is 2.75. The molecule has 0 aliphatic heterocycles. The van der Waals surface area contributed by atoms with E-state index < -0.39 is 0 Å². The number of aromatic nitrogens is 2. The quantitative estimate of drug-likeness (QED) is 0.763. The van der Waals surface area contributed by atoms with Gasteiger partial charge in [0.25, 0.3) is 0 Å². The van der Waals surface area contributed by atoms with Crippen molar-refractivity contribution in [1.82, 2.24) is 14.3 Å². The van der Waals surface area contributed by atoms with Crippen molar-refractivity contribution >= 4 is 22.6 Å². The van der Waals surface area contributed by atoms with E-state index in [9.17, 15) is 0 Å². The SMILES string of the molecule is CC(C)N(C)CCNc1nc(N)ns1. The monoisotopic (exact) mass is 215 g/mol. The zero-order valence-electron chi connectivity index (χ0n) is 8.82. The van der Waals surface area contributed by atoms with Crippen LogP contribution >= 0.6 is 11.5 Å². The van der Waals surface area contributed by atoms with Crippen LogP contribution < -0.4 is 11.1 Å². The molecule has 0 saturated heterocycles. The van der Waals surface area contributed by atoms with Crippen molar-refractivity contribution in [2.75, 3.05) is 31.2 Å². The maximum Gasteiger partial charge on any atom is 0.233 e. The summed E-state index contributed by atoms with van der Waals surface area (Å²) in [6, 6.07) is 0.566. The molecule has 1 aromatic rings. The predicted molar refractivity (Wildman–Crippen MR) is 60.6 cm³/mol. The molecule has 1 rings (SSSR count). The number of nitrogens with zero attached hydrogens (tertiary/aromatic N) is 3. The van der Waals surface area contributed by atoms with Gasteiger partial charge in [0.1, 0.15) is 0 Å². The van der Waals surface area contributed by atoms with E-state index in [2.05, 4.69) is 40.5 Å². The van der Waals surface area contributed by atoms with Crippen molar-refractivity contribution in [3.8, 4) is 0 Å². The van der Waals surface area contributed by atoms with Gasteiger partial charge in [-0.1, -0.05) is 0 Å². The Morgan fingerprint density at radius 3 is 2.79 bits per heavy atom. The Kier molecular flexibility index (Phi) is 4.09. The smallest absolute Gasteiger partial charge is 0.233 e. The van der Waals surface area contributed by atoms with E-state index in [4.69, 9.17) is 5.73 Å². The van der Waals surface area contributed by atoms with Crippen LogP contribution in [0.2, 0.25) is 0 Å². The second-order valence-corrected chi connectivity index (χ2v) is 4.21. The maximum absolute atomic E-state index is 5.40. The Hall–Kier alpha value is -0.880. The van der Waals surface area contributed by atoms with Crippen molar-refractivity contribution in [1.29, 1.82) is 0 Å². The molecule has 80 valence electrons. The first-order valence-electron chi connectivity index (χ1n) is 4.63. The fraction of sp³-hybridized carbons (Fsp3) is 0.750. The molecule has 0 aliphatic carbocycles. The van der Waals surface area contributed by atoms with Crippen molar-refractivity contribution in [2.24, 2.45) is 0 Å². The Morgan fingerprint density at radius 2 is 2.29 bits per heavy atom. The highest BCUT2D eigenvalue weighted by Gasteiger charge is 2.03. The van der Waals surface area contributed by atoms with Crippen molar-refractivity contribution in [2.45, 2.75) is 19.9 Å². The normalized spacial score (nSPS) is 11.2. The molecule has 3 N–H and O–H groups in total. The molecule has 1 aromatic heterocycles. The van der Waals surface area contributed by atoms with Crippen LogP contribution in [-0.4, -0.2) is 40.4 Å². The molecule has 0 aromatic carbocycles. The predicted octanol–water partition coefficient (Wildman–Crippen LogP) is 0.872. The summed E-state index contributed by atoms with van der Waals surface area (Å²) in [5.41, 5.74) is 5.40. The largest absolute Gasteiger partial charge is 0.367 e.